The van der Waals surface area contributed by atoms with Crippen LogP contribution in [0.2, 0.25) is 10.0 Å². The van der Waals surface area contributed by atoms with Crippen LogP contribution in [0.4, 0.5) is 0 Å². The Kier molecular flexibility index (Phi) is 4.97. The van der Waals surface area contributed by atoms with Crippen molar-refractivity contribution < 1.29 is 17.9 Å². The minimum Gasteiger partial charge on any atom is -0.482 e. The van der Waals surface area contributed by atoms with Gasteiger partial charge in [0.05, 0.1) is 12.0 Å². The van der Waals surface area contributed by atoms with Crippen LogP contribution in [-0.4, -0.2) is 26.9 Å². The van der Waals surface area contributed by atoms with E-state index in [0.29, 0.717) is 15.6 Å². The van der Waals surface area contributed by atoms with Gasteiger partial charge in [0.1, 0.15) is 0 Å². The summed E-state index contributed by atoms with van der Waals surface area (Å²) >= 11 is 11.9. The number of sulfonamides is 1. The van der Waals surface area contributed by atoms with Gasteiger partial charge in [0.2, 0.25) is 5.88 Å². The number of hydrogen-bond acceptors (Lipinski definition) is 4. The molecule has 0 amide bonds. The van der Waals surface area contributed by atoms with E-state index in [4.69, 9.17) is 32.7 Å². The molecule has 5 nitrogen and oxygen atoms in total. The molecule has 0 spiro atoms. The third kappa shape index (κ3) is 3.22. The summed E-state index contributed by atoms with van der Waals surface area (Å²) in [6, 6.07) is 11.1. The van der Waals surface area contributed by atoms with Crippen LogP contribution in [0.5, 0.6) is 0 Å². The second-order valence-electron chi connectivity index (χ2n) is 5.30. The summed E-state index contributed by atoms with van der Waals surface area (Å²) < 4.78 is 38.3. The summed E-state index contributed by atoms with van der Waals surface area (Å²) in [6.07, 6.45) is 0.734. The lowest BCUT2D eigenvalue weighted by atomic mass is 10.0. The van der Waals surface area contributed by atoms with Gasteiger partial charge in [0.25, 0.3) is 10.0 Å². The summed E-state index contributed by atoms with van der Waals surface area (Å²) in [5.41, 5.74) is 1.41. The maximum Gasteiger partial charge on any atom is 0.269 e. The second-order valence-corrected chi connectivity index (χ2v) is 7.99. The molecule has 25 heavy (non-hydrogen) atoms. The molecule has 0 N–H and O–H groups in total. The zero-order chi connectivity index (χ0) is 18.2. The highest BCUT2D eigenvalue weighted by Gasteiger charge is 2.39. The van der Waals surface area contributed by atoms with E-state index in [1.54, 1.807) is 24.3 Å². The zero-order valence-electron chi connectivity index (χ0n) is 13.4. The molecule has 1 unspecified atom stereocenters. The van der Waals surface area contributed by atoms with Crippen molar-refractivity contribution in [3.63, 3.8) is 0 Å². The lowest BCUT2D eigenvalue weighted by Crippen LogP contribution is -2.38. The predicted molar refractivity (Wildman–Crippen MR) is 96.7 cm³/mol. The summed E-state index contributed by atoms with van der Waals surface area (Å²) in [7, 11) is -1.09. The molecule has 2 aromatic rings. The number of fused-ring (bicyclic) bond motifs is 1. The first-order valence-corrected chi connectivity index (χ1v) is 9.46. The lowest BCUT2D eigenvalue weighted by Gasteiger charge is -2.36. The maximum atomic E-state index is 13.2. The van der Waals surface area contributed by atoms with Crippen molar-refractivity contribution in [3.05, 3.63) is 69.5 Å². The minimum atomic E-state index is -3.93. The van der Waals surface area contributed by atoms with E-state index in [0.717, 1.165) is 9.87 Å². The van der Waals surface area contributed by atoms with Gasteiger partial charge in [-0.3, -0.25) is 0 Å². The van der Waals surface area contributed by atoms with E-state index >= 15 is 0 Å². The number of benzene rings is 2. The lowest BCUT2D eigenvalue weighted by molar-refractivity contribution is 0.000798. The van der Waals surface area contributed by atoms with Gasteiger partial charge in [-0.05, 0) is 42.0 Å². The molecule has 0 aliphatic carbocycles. The highest BCUT2D eigenvalue weighted by Crippen LogP contribution is 2.40. The second kappa shape index (κ2) is 6.88. The number of rotatable bonds is 4. The first-order valence-electron chi connectivity index (χ1n) is 7.26. The molecule has 2 aromatic carbocycles. The standard InChI is InChI=1S/C17H15Cl2NO4S/c1-23-16-10-11-9-13(19)5-8-15(11)17(24-2)20(16)25(21,22)14-6-3-12(18)4-7-14/h3-10,17H,1-2H3. The van der Waals surface area contributed by atoms with Gasteiger partial charge in [0, 0.05) is 28.8 Å². The van der Waals surface area contributed by atoms with Crippen LogP contribution in [-0.2, 0) is 19.5 Å². The van der Waals surface area contributed by atoms with E-state index in [1.807, 2.05) is 0 Å². The third-order valence-electron chi connectivity index (χ3n) is 3.83. The van der Waals surface area contributed by atoms with Crippen LogP contribution in [0.3, 0.4) is 0 Å². The van der Waals surface area contributed by atoms with Gasteiger partial charge in [0.15, 0.2) is 6.23 Å². The number of nitrogens with zero attached hydrogens (tertiary/aromatic N) is 1. The van der Waals surface area contributed by atoms with Crippen LogP contribution in [0.25, 0.3) is 6.08 Å². The Labute approximate surface area is 156 Å². The molecule has 0 saturated heterocycles. The van der Waals surface area contributed by atoms with E-state index in [1.165, 1.54) is 38.5 Å². The third-order valence-corrected chi connectivity index (χ3v) is 6.07. The van der Waals surface area contributed by atoms with E-state index < -0.39 is 16.3 Å². The van der Waals surface area contributed by atoms with Crippen molar-refractivity contribution in [1.82, 2.24) is 4.31 Å². The molecule has 1 aliphatic rings. The van der Waals surface area contributed by atoms with Gasteiger partial charge < -0.3 is 9.47 Å². The van der Waals surface area contributed by atoms with Crippen molar-refractivity contribution in [3.8, 4) is 0 Å². The van der Waals surface area contributed by atoms with Crippen LogP contribution in [0, 0.1) is 0 Å². The van der Waals surface area contributed by atoms with Crippen LogP contribution >= 0.6 is 23.2 Å². The quantitative estimate of drug-likeness (QED) is 0.769. The Bertz CT molecular complexity index is 926. The Morgan fingerprint density at radius 1 is 1.00 bits per heavy atom. The first kappa shape index (κ1) is 18.1. The molecule has 8 heteroatoms. The van der Waals surface area contributed by atoms with E-state index in [9.17, 15) is 8.42 Å². The molecule has 0 fully saturated rings. The van der Waals surface area contributed by atoms with Gasteiger partial charge >= 0.3 is 0 Å². The fraction of sp³-hybridized carbons (Fsp3) is 0.176. The molecule has 1 atom stereocenters. The largest absolute Gasteiger partial charge is 0.482 e. The normalized spacial score (nSPS) is 17.0. The SMILES string of the molecule is COC1=Cc2cc(Cl)ccc2C(OC)N1S(=O)(=O)c1ccc(Cl)cc1. The van der Waals surface area contributed by atoms with Gasteiger partial charge in [-0.2, -0.15) is 0 Å². The van der Waals surface area contributed by atoms with Crippen molar-refractivity contribution in [2.24, 2.45) is 0 Å². The topological polar surface area (TPSA) is 55.8 Å². The number of methoxy groups -OCH3 is 2. The zero-order valence-corrected chi connectivity index (χ0v) is 15.8. The smallest absolute Gasteiger partial charge is 0.269 e. The van der Waals surface area contributed by atoms with Crippen LogP contribution in [0.1, 0.15) is 17.4 Å². The van der Waals surface area contributed by atoms with Crippen molar-refractivity contribution in [2.75, 3.05) is 14.2 Å². The highest BCUT2D eigenvalue weighted by atomic mass is 35.5. The average molecular weight is 400 g/mol. The molecular formula is C17H15Cl2NO4S. The van der Waals surface area contributed by atoms with Gasteiger partial charge in [-0.15, -0.1) is 0 Å². The fourth-order valence-electron chi connectivity index (χ4n) is 2.67. The Morgan fingerprint density at radius 2 is 1.64 bits per heavy atom. The number of ether oxygens (including phenoxy) is 2. The molecule has 1 aliphatic heterocycles. The molecule has 3 rings (SSSR count). The average Bonchev–Trinajstić information content (AvgIpc) is 2.59. The molecule has 132 valence electrons. The Balaban J connectivity index is 2.17. The molecule has 0 saturated carbocycles. The molecule has 0 aromatic heterocycles. The molecule has 0 radical (unpaired) electrons. The van der Waals surface area contributed by atoms with E-state index in [-0.39, 0.29) is 10.8 Å². The molecule has 0 bridgehead atoms. The number of hydrogen-bond donors (Lipinski definition) is 0. The fourth-order valence-corrected chi connectivity index (χ4v) is 4.50. The summed E-state index contributed by atoms with van der Waals surface area (Å²) in [4.78, 5) is 0.0827. The predicted octanol–water partition coefficient (Wildman–Crippen LogP) is 4.29. The van der Waals surface area contributed by atoms with Crippen molar-refractivity contribution in [1.29, 1.82) is 0 Å². The molecular weight excluding hydrogens is 385 g/mol. The monoisotopic (exact) mass is 399 g/mol. The minimum absolute atomic E-state index is 0.0827. The first-order chi connectivity index (χ1) is 11.9. The van der Waals surface area contributed by atoms with Gasteiger partial charge in [-0.1, -0.05) is 29.3 Å². The van der Waals surface area contributed by atoms with Gasteiger partial charge in [-0.25, -0.2) is 12.7 Å². The molecule has 1 heterocycles. The Morgan fingerprint density at radius 3 is 2.24 bits per heavy atom. The maximum absolute atomic E-state index is 13.2. The summed E-state index contributed by atoms with van der Waals surface area (Å²) in [5.74, 6) is 0.136. The van der Waals surface area contributed by atoms with Crippen LogP contribution < -0.4 is 0 Å². The van der Waals surface area contributed by atoms with Crippen LogP contribution in [0.15, 0.2) is 53.2 Å². The van der Waals surface area contributed by atoms with E-state index in [2.05, 4.69) is 0 Å². The van der Waals surface area contributed by atoms with Crippen molar-refractivity contribution in [2.45, 2.75) is 11.1 Å². The number of halogens is 2. The van der Waals surface area contributed by atoms with Crippen molar-refractivity contribution >= 4 is 39.3 Å². The summed E-state index contributed by atoms with van der Waals surface area (Å²) in [6.45, 7) is 0. The highest BCUT2D eigenvalue weighted by molar-refractivity contribution is 7.89. The summed E-state index contributed by atoms with van der Waals surface area (Å²) in [5, 5.41) is 0.984. The Hall–Kier alpha value is -1.73.